The molecule has 0 fully saturated rings. The number of aromatic nitrogens is 4. The summed E-state index contributed by atoms with van der Waals surface area (Å²) in [6, 6.07) is 2.81. The number of halogens is 1. The second-order valence-electron chi connectivity index (χ2n) is 7.00. The molecule has 0 aliphatic heterocycles. The van der Waals surface area contributed by atoms with Gasteiger partial charge in [-0.05, 0) is 36.8 Å². The lowest BCUT2D eigenvalue weighted by Crippen LogP contribution is -2.25. The van der Waals surface area contributed by atoms with Gasteiger partial charge in [-0.3, -0.25) is 9.78 Å². The topological polar surface area (TPSA) is 95.6 Å². The normalized spacial score (nSPS) is 10.7. The Morgan fingerprint density at radius 2 is 2.09 bits per heavy atom. The van der Waals surface area contributed by atoms with E-state index in [9.17, 15) is 9.18 Å². The van der Waals surface area contributed by atoms with Gasteiger partial charge in [0.15, 0.2) is 0 Å². The quantitative estimate of drug-likeness (QED) is 0.383. The van der Waals surface area contributed by atoms with Gasteiger partial charge in [0.05, 0.1) is 40.1 Å². The fourth-order valence-corrected chi connectivity index (χ4v) is 3.95. The van der Waals surface area contributed by atoms with Gasteiger partial charge in [0.2, 0.25) is 0 Å². The van der Waals surface area contributed by atoms with Crippen LogP contribution in [0.3, 0.4) is 0 Å². The summed E-state index contributed by atoms with van der Waals surface area (Å²) < 4.78 is 13.7. The lowest BCUT2D eigenvalue weighted by atomic mass is 10.2. The molecule has 3 heterocycles. The first-order chi connectivity index (χ1) is 15.4. The minimum absolute atomic E-state index is 0.0158. The number of hydrogen-bond donors (Lipinski definition) is 3. The highest BCUT2D eigenvalue weighted by molar-refractivity contribution is 7.13. The highest BCUT2D eigenvalue weighted by atomic mass is 32.1. The number of allylic oxidation sites excluding steroid dienone is 1. The third-order valence-corrected chi connectivity index (χ3v) is 5.82. The van der Waals surface area contributed by atoms with E-state index in [0.29, 0.717) is 25.2 Å². The van der Waals surface area contributed by atoms with E-state index in [1.54, 1.807) is 12.2 Å². The van der Waals surface area contributed by atoms with E-state index in [4.69, 9.17) is 0 Å². The predicted octanol–water partition coefficient (Wildman–Crippen LogP) is 3.98. The second kappa shape index (κ2) is 10.7. The molecule has 3 aromatic heterocycles. The molecule has 0 saturated carbocycles. The number of pyridine rings is 1. The van der Waals surface area contributed by atoms with E-state index in [-0.39, 0.29) is 18.1 Å². The van der Waals surface area contributed by atoms with Gasteiger partial charge in [-0.2, -0.15) is 0 Å². The maximum atomic E-state index is 13.7. The van der Waals surface area contributed by atoms with E-state index in [1.165, 1.54) is 29.7 Å². The summed E-state index contributed by atoms with van der Waals surface area (Å²) in [4.78, 5) is 29.5. The molecule has 0 spiro atoms. The summed E-state index contributed by atoms with van der Waals surface area (Å²) in [5.41, 5.74) is 2.83. The number of nitrogens with one attached hydrogen (secondary N) is 3. The summed E-state index contributed by atoms with van der Waals surface area (Å²) >= 11 is 1.43. The molecule has 3 N–H and O–H groups in total. The second-order valence-corrected chi connectivity index (χ2v) is 8.08. The maximum absolute atomic E-state index is 13.7. The SMILES string of the molecule is C=Cc1nc(CNCCc2nc(C(=O)NCc3ncccc3F)c(C(=C)C)s2)[nH]c1C=C. The van der Waals surface area contributed by atoms with E-state index in [1.807, 2.05) is 6.92 Å². The van der Waals surface area contributed by atoms with Crippen molar-refractivity contribution in [2.75, 3.05) is 6.54 Å². The van der Waals surface area contributed by atoms with Crippen LogP contribution in [0.15, 0.2) is 38.1 Å². The number of imidazole rings is 1. The smallest absolute Gasteiger partial charge is 0.271 e. The highest BCUT2D eigenvalue weighted by Gasteiger charge is 2.19. The maximum Gasteiger partial charge on any atom is 0.271 e. The van der Waals surface area contributed by atoms with Crippen LogP contribution in [-0.4, -0.2) is 32.4 Å². The number of nitrogens with zero attached hydrogens (tertiary/aromatic N) is 3. The van der Waals surface area contributed by atoms with Gasteiger partial charge in [0.25, 0.3) is 5.91 Å². The zero-order chi connectivity index (χ0) is 23.1. The zero-order valence-corrected chi connectivity index (χ0v) is 18.7. The Morgan fingerprint density at radius 1 is 1.28 bits per heavy atom. The molecule has 0 aliphatic rings. The van der Waals surface area contributed by atoms with E-state index in [0.717, 1.165) is 32.7 Å². The number of thiazole rings is 1. The van der Waals surface area contributed by atoms with Gasteiger partial charge < -0.3 is 15.6 Å². The van der Waals surface area contributed by atoms with Crippen LogP contribution in [0.4, 0.5) is 4.39 Å². The molecule has 0 bridgehead atoms. The van der Waals surface area contributed by atoms with Crippen molar-refractivity contribution in [1.82, 2.24) is 30.6 Å². The van der Waals surface area contributed by atoms with Crippen LogP contribution in [0.2, 0.25) is 0 Å². The first kappa shape index (κ1) is 23.2. The Balaban J connectivity index is 1.59. The fraction of sp³-hybridized carbons (Fsp3) is 0.217. The molecule has 9 heteroatoms. The van der Waals surface area contributed by atoms with Gasteiger partial charge >= 0.3 is 0 Å². The Bertz CT molecular complexity index is 1120. The van der Waals surface area contributed by atoms with Crippen molar-refractivity contribution >= 4 is 35.0 Å². The summed E-state index contributed by atoms with van der Waals surface area (Å²) in [6.45, 7) is 14.5. The summed E-state index contributed by atoms with van der Waals surface area (Å²) in [5, 5.41) is 6.81. The molecular formula is C23H25FN6OS. The Hall–Kier alpha value is -3.43. The van der Waals surface area contributed by atoms with Gasteiger partial charge in [-0.15, -0.1) is 11.3 Å². The molecule has 3 rings (SSSR count). The predicted molar refractivity (Wildman–Crippen MR) is 126 cm³/mol. The third-order valence-electron chi connectivity index (χ3n) is 4.54. The molecule has 166 valence electrons. The summed E-state index contributed by atoms with van der Waals surface area (Å²) in [7, 11) is 0. The molecule has 0 aromatic carbocycles. The number of H-pyrrole nitrogens is 1. The van der Waals surface area contributed by atoms with E-state index < -0.39 is 5.82 Å². The van der Waals surface area contributed by atoms with Gasteiger partial charge in [0.1, 0.15) is 17.3 Å². The molecule has 32 heavy (non-hydrogen) atoms. The first-order valence-electron chi connectivity index (χ1n) is 10.0. The van der Waals surface area contributed by atoms with Crippen LogP contribution >= 0.6 is 11.3 Å². The largest absolute Gasteiger partial charge is 0.345 e. The summed E-state index contributed by atoms with van der Waals surface area (Å²) in [6.07, 6.45) is 5.50. The van der Waals surface area contributed by atoms with Crippen molar-refractivity contribution < 1.29 is 9.18 Å². The molecule has 0 radical (unpaired) electrons. The highest BCUT2D eigenvalue weighted by Crippen LogP contribution is 2.25. The van der Waals surface area contributed by atoms with Gasteiger partial charge in [0, 0.05) is 19.2 Å². The number of aromatic amines is 1. The minimum atomic E-state index is -0.463. The Morgan fingerprint density at radius 3 is 2.75 bits per heavy atom. The fourth-order valence-electron chi connectivity index (χ4n) is 2.96. The number of amides is 1. The number of rotatable bonds is 11. The van der Waals surface area contributed by atoms with E-state index >= 15 is 0 Å². The first-order valence-corrected chi connectivity index (χ1v) is 10.8. The van der Waals surface area contributed by atoms with Crippen LogP contribution in [0.25, 0.3) is 17.7 Å². The van der Waals surface area contributed by atoms with Crippen molar-refractivity contribution in [3.63, 3.8) is 0 Å². The Kier molecular flexibility index (Phi) is 7.80. The molecular weight excluding hydrogens is 427 g/mol. The van der Waals surface area contributed by atoms with Crippen LogP contribution in [-0.2, 0) is 19.5 Å². The molecule has 7 nitrogen and oxygen atoms in total. The van der Waals surface area contributed by atoms with Crippen molar-refractivity contribution in [3.8, 4) is 0 Å². The molecule has 0 unspecified atom stereocenters. The number of carbonyl (C=O) groups is 1. The van der Waals surface area contributed by atoms with Crippen LogP contribution in [0, 0.1) is 5.82 Å². The minimum Gasteiger partial charge on any atom is -0.345 e. The molecule has 0 atom stereocenters. The lowest BCUT2D eigenvalue weighted by molar-refractivity contribution is 0.0945. The number of hydrogen-bond acceptors (Lipinski definition) is 6. The molecule has 0 aliphatic carbocycles. The Labute approximate surface area is 190 Å². The van der Waals surface area contributed by atoms with E-state index in [2.05, 4.69) is 50.3 Å². The standard InChI is InChI=1S/C23H25FN6OS/c1-5-16-17(6-2)29-19(28-16)13-25-11-9-20-30-21(22(32-20)14(3)4)23(31)27-12-18-15(24)8-7-10-26-18/h5-8,10,25H,1-3,9,11-13H2,4H3,(H,27,31)(H,28,29). The zero-order valence-electron chi connectivity index (χ0n) is 17.9. The van der Waals surface area contributed by atoms with Crippen LogP contribution in [0.5, 0.6) is 0 Å². The van der Waals surface area contributed by atoms with Crippen molar-refractivity contribution in [2.24, 2.45) is 0 Å². The molecule has 3 aromatic rings. The van der Waals surface area contributed by atoms with Gasteiger partial charge in [-0.1, -0.05) is 19.7 Å². The van der Waals surface area contributed by atoms with Crippen molar-refractivity contribution in [1.29, 1.82) is 0 Å². The lowest BCUT2D eigenvalue weighted by Gasteiger charge is -2.05. The van der Waals surface area contributed by atoms with Crippen molar-refractivity contribution in [2.45, 2.75) is 26.4 Å². The average molecular weight is 453 g/mol. The summed E-state index contributed by atoms with van der Waals surface area (Å²) in [5.74, 6) is -0.0543. The van der Waals surface area contributed by atoms with Crippen molar-refractivity contribution in [3.05, 3.63) is 82.4 Å². The number of carbonyl (C=O) groups excluding carboxylic acids is 1. The average Bonchev–Trinajstić information content (AvgIpc) is 3.40. The van der Waals surface area contributed by atoms with Gasteiger partial charge in [-0.25, -0.2) is 14.4 Å². The van der Waals surface area contributed by atoms with Crippen LogP contribution < -0.4 is 10.6 Å². The molecule has 1 amide bonds. The van der Waals surface area contributed by atoms with Crippen LogP contribution in [0.1, 0.15) is 50.2 Å². The third kappa shape index (κ3) is 5.63. The molecule has 0 saturated heterocycles. The monoisotopic (exact) mass is 452 g/mol.